The lowest BCUT2D eigenvalue weighted by Crippen LogP contribution is -2.67. The minimum atomic E-state index is -3.47. The molecule has 10 heteroatoms. The van der Waals surface area contributed by atoms with Gasteiger partial charge in [0, 0.05) is 0 Å². The van der Waals surface area contributed by atoms with Crippen LogP contribution in [0.15, 0.2) is 0 Å². The van der Waals surface area contributed by atoms with Crippen LogP contribution < -0.4 is 0 Å². The molecule has 1 N–H and O–H groups in total. The van der Waals surface area contributed by atoms with Crippen LogP contribution in [0.3, 0.4) is 0 Å². The predicted molar refractivity (Wildman–Crippen MR) is 118 cm³/mol. The largest absolute Gasteiger partial charge is 0.638 e. The summed E-state index contributed by atoms with van der Waals surface area (Å²) in [5.41, 5.74) is 0.0557. The molecular formula is C15H42O5Si5. The quantitative estimate of drug-likeness (QED) is 0.468. The third kappa shape index (κ3) is 9.58. The van der Waals surface area contributed by atoms with Crippen molar-refractivity contribution >= 4 is 42.6 Å². The van der Waals surface area contributed by atoms with Crippen LogP contribution in [0.2, 0.25) is 70.0 Å². The van der Waals surface area contributed by atoms with Crippen molar-refractivity contribution in [1.29, 1.82) is 0 Å². The molecule has 0 radical (unpaired) electrons. The van der Waals surface area contributed by atoms with E-state index in [0.717, 1.165) is 0 Å². The lowest BCUT2D eigenvalue weighted by molar-refractivity contribution is 0.125. The van der Waals surface area contributed by atoms with E-state index >= 15 is 0 Å². The first-order valence-electron chi connectivity index (χ1n) is 9.24. The fourth-order valence-electron chi connectivity index (χ4n) is 2.35. The smallest absolute Gasteiger partial charge is 0.411 e. The summed E-state index contributed by atoms with van der Waals surface area (Å²) in [4.78, 5) is 11.4. The molecule has 0 heterocycles. The van der Waals surface area contributed by atoms with Crippen LogP contribution in [0.1, 0.15) is 27.7 Å². The molecule has 0 aromatic rings. The standard InChI is InChI=1S/C15H42O5Si5/c1-14(2)24(16,15(3)4)20-25(17-21(5,6)7,18-22(8,9)10)19-23(11,12)13/h14-16H,1-13H3. The third-order valence-corrected chi connectivity index (χ3v) is 19.2. The second kappa shape index (κ2) is 8.49. The third-order valence-electron chi connectivity index (χ3n) is 3.24. The molecule has 25 heavy (non-hydrogen) atoms. The molecule has 0 aliphatic heterocycles. The summed E-state index contributed by atoms with van der Waals surface area (Å²) >= 11 is 0. The Morgan fingerprint density at radius 2 is 0.760 bits per heavy atom. The van der Waals surface area contributed by atoms with Gasteiger partial charge in [0.2, 0.25) is 0 Å². The molecule has 0 aromatic heterocycles. The highest BCUT2D eigenvalue weighted by Crippen LogP contribution is 2.37. The highest BCUT2D eigenvalue weighted by molar-refractivity contribution is 6.91. The van der Waals surface area contributed by atoms with Gasteiger partial charge < -0.3 is 21.3 Å². The first kappa shape index (κ1) is 25.9. The van der Waals surface area contributed by atoms with Gasteiger partial charge in [0.15, 0.2) is 25.0 Å². The van der Waals surface area contributed by atoms with Gasteiger partial charge in [0.1, 0.15) is 0 Å². The Labute approximate surface area is 161 Å². The molecule has 0 aliphatic carbocycles. The molecule has 0 saturated carbocycles. The lowest BCUT2D eigenvalue weighted by Gasteiger charge is -2.46. The summed E-state index contributed by atoms with van der Waals surface area (Å²) in [5, 5.41) is 0. The van der Waals surface area contributed by atoms with Crippen molar-refractivity contribution in [3.63, 3.8) is 0 Å². The zero-order valence-electron chi connectivity index (χ0n) is 18.7. The maximum atomic E-state index is 11.4. The van der Waals surface area contributed by atoms with Gasteiger partial charge in [0.25, 0.3) is 0 Å². The van der Waals surface area contributed by atoms with Gasteiger partial charge in [-0.15, -0.1) is 0 Å². The molecule has 0 aliphatic rings. The second-order valence-electron chi connectivity index (χ2n) is 10.3. The second-order valence-corrected chi connectivity index (χ2v) is 31.1. The van der Waals surface area contributed by atoms with Crippen molar-refractivity contribution < 1.29 is 21.3 Å². The van der Waals surface area contributed by atoms with E-state index in [1.165, 1.54) is 0 Å². The van der Waals surface area contributed by atoms with Crippen LogP contribution in [-0.2, 0) is 16.5 Å². The normalized spacial score (nSPS) is 15.4. The first-order chi connectivity index (χ1) is 10.7. The van der Waals surface area contributed by atoms with Crippen molar-refractivity contribution in [3.8, 4) is 0 Å². The van der Waals surface area contributed by atoms with Crippen molar-refractivity contribution in [1.82, 2.24) is 0 Å². The molecule has 152 valence electrons. The van der Waals surface area contributed by atoms with E-state index in [4.69, 9.17) is 16.5 Å². The Morgan fingerprint density at radius 3 is 0.920 bits per heavy atom. The SMILES string of the molecule is CC(C)[Si](O)(O[Si](O[Si](C)(C)C)(O[Si](C)(C)C)O[Si](C)(C)C)C(C)C. The summed E-state index contributed by atoms with van der Waals surface area (Å²) < 4.78 is 26.1. The number of hydrogen-bond acceptors (Lipinski definition) is 5. The topological polar surface area (TPSA) is 57.2 Å². The Bertz CT molecular complexity index is 375. The van der Waals surface area contributed by atoms with E-state index in [9.17, 15) is 4.80 Å². The molecule has 5 nitrogen and oxygen atoms in total. The summed E-state index contributed by atoms with van der Waals surface area (Å²) in [6.45, 7) is 27.1. The van der Waals surface area contributed by atoms with Crippen molar-refractivity contribution in [3.05, 3.63) is 0 Å². The summed E-state index contributed by atoms with van der Waals surface area (Å²) in [6, 6.07) is 0. The van der Waals surface area contributed by atoms with E-state index in [0.29, 0.717) is 0 Å². The van der Waals surface area contributed by atoms with Crippen LogP contribution in [0.5, 0.6) is 0 Å². The minimum Gasteiger partial charge on any atom is -0.411 e. The van der Waals surface area contributed by atoms with Gasteiger partial charge in [0.05, 0.1) is 0 Å². The maximum absolute atomic E-state index is 11.4. The van der Waals surface area contributed by atoms with Gasteiger partial charge in [-0.3, -0.25) is 0 Å². The molecule has 0 fully saturated rings. The van der Waals surface area contributed by atoms with E-state index in [-0.39, 0.29) is 11.1 Å². The van der Waals surface area contributed by atoms with Gasteiger partial charge in [-0.1, -0.05) is 27.7 Å². The monoisotopic (exact) mass is 442 g/mol. The fraction of sp³-hybridized carbons (Fsp3) is 1.00. The van der Waals surface area contributed by atoms with E-state index in [2.05, 4.69) is 58.9 Å². The maximum Gasteiger partial charge on any atom is 0.638 e. The van der Waals surface area contributed by atoms with Crippen molar-refractivity contribution in [2.24, 2.45) is 0 Å². The highest BCUT2D eigenvalue weighted by Gasteiger charge is 2.60. The summed E-state index contributed by atoms with van der Waals surface area (Å²) in [5.74, 6) is 0. The van der Waals surface area contributed by atoms with Crippen LogP contribution in [0.25, 0.3) is 0 Å². The molecule has 0 bridgehead atoms. The average molecular weight is 443 g/mol. The zero-order chi connectivity index (χ0) is 20.5. The molecular weight excluding hydrogens is 401 g/mol. The van der Waals surface area contributed by atoms with E-state index in [1.54, 1.807) is 0 Å². The zero-order valence-corrected chi connectivity index (χ0v) is 23.7. The van der Waals surface area contributed by atoms with Gasteiger partial charge in [-0.05, 0) is 70.0 Å². The van der Waals surface area contributed by atoms with E-state index < -0.39 is 42.6 Å². The van der Waals surface area contributed by atoms with Gasteiger partial charge >= 0.3 is 17.6 Å². The molecule has 0 unspecified atom stereocenters. The molecule has 0 spiro atoms. The highest BCUT2D eigenvalue weighted by atomic mass is 28.5. The first-order valence-corrected chi connectivity index (χ1v) is 23.1. The van der Waals surface area contributed by atoms with Crippen molar-refractivity contribution in [2.45, 2.75) is 97.7 Å². The predicted octanol–water partition coefficient (Wildman–Crippen LogP) is 5.25. The minimum absolute atomic E-state index is 0.0279. The molecule has 0 aromatic carbocycles. The van der Waals surface area contributed by atoms with Crippen molar-refractivity contribution in [2.75, 3.05) is 0 Å². The Balaban J connectivity index is 6.21. The van der Waals surface area contributed by atoms with Crippen LogP contribution in [0.4, 0.5) is 0 Å². The number of rotatable bonds is 10. The Morgan fingerprint density at radius 1 is 0.520 bits per heavy atom. The Kier molecular flexibility index (Phi) is 8.79. The van der Waals surface area contributed by atoms with Crippen LogP contribution in [-0.4, -0.2) is 47.4 Å². The van der Waals surface area contributed by atoms with Gasteiger partial charge in [-0.2, -0.15) is 0 Å². The molecule has 0 amide bonds. The lowest BCUT2D eigenvalue weighted by atomic mass is 10.5. The summed E-state index contributed by atoms with van der Waals surface area (Å²) in [6.07, 6.45) is 0. The molecule has 0 atom stereocenters. The average Bonchev–Trinajstić information content (AvgIpc) is 2.19. The van der Waals surface area contributed by atoms with E-state index in [1.807, 2.05) is 27.7 Å². The Hall–Kier alpha value is 0.884. The fourth-order valence-corrected chi connectivity index (χ4v) is 19.4. The summed E-state index contributed by atoms with van der Waals surface area (Å²) in [7, 11) is -12.6. The number of hydrogen-bond donors (Lipinski definition) is 1. The van der Waals surface area contributed by atoms with Gasteiger partial charge in [-0.25, -0.2) is 0 Å². The van der Waals surface area contributed by atoms with Crippen LogP contribution in [0, 0.1) is 0 Å². The van der Waals surface area contributed by atoms with Crippen LogP contribution >= 0.6 is 0 Å². The molecule has 0 saturated heterocycles. The molecule has 0 rings (SSSR count).